The average molecular weight is 383 g/mol. The number of hydrogen-bond acceptors (Lipinski definition) is 6. The predicted molar refractivity (Wildman–Crippen MR) is 105 cm³/mol. The smallest absolute Gasteiger partial charge is 0.255 e. The van der Waals surface area contributed by atoms with Gasteiger partial charge in [-0.3, -0.25) is 9.59 Å². The number of para-hydroxylation sites is 1. The number of carbonyl (C=O) groups excluding carboxylic acids is 2. The van der Waals surface area contributed by atoms with E-state index in [4.69, 9.17) is 0 Å². The fourth-order valence-corrected chi connectivity index (χ4v) is 5.62. The third kappa shape index (κ3) is 7.71. The minimum atomic E-state index is -0.436. The molecule has 1 heterocycles. The maximum Gasteiger partial charge on any atom is 0.255 e. The molecule has 25 heavy (non-hydrogen) atoms. The zero-order chi connectivity index (χ0) is 17.9. The van der Waals surface area contributed by atoms with Gasteiger partial charge in [-0.2, -0.15) is 0 Å². The van der Waals surface area contributed by atoms with Crippen LogP contribution in [0.25, 0.3) is 0 Å². The van der Waals surface area contributed by atoms with Crippen LogP contribution in [-0.4, -0.2) is 47.4 Å². The molecule has 0 radical (unpaired) electrons. The molecule has 1 amide bonds. The Hall–Kier alpha value is -1.18. The standard InChI is InChI=1S/C18H26N2O3S2/c21-14(13-20-18(23)16-7-3-4-8-17(16)22)12-19-10-5-1-2-6-15-9-11-24-25-15/h3-4,7-8,15,19,22H,1-2,5-6,9-13H2,(H,20,23). The SMILES string of the molecule is O=C(CNCCCCCC1CCSS1)CNC(=O)c1ccccc1O. The van der Waals surface area contributed by atoms with Crippen molar-refractivity contribution in [2.45, 2.75) is 37.4 Å². The summed E-state index contributed by atoms with van der Waals surface area (Å²) in [5.41, 5.74) is 0.182. The van der Waals surface area contributed by atoms with Crippen LogP contribution in [0.5, 0.6) is 5.75 Å². The van der Waals surface area contributed by atoms with E-state index in [0.717, 1.165) is 18.2 Å². The lowest BCUT2D eigenvalue weighted by atomic mass is 10.1. The quantitative estimate of drug-likeness (QED) is 0.403. The average Bonchev–Trinajstić information content (AvgIpc) is 3.12. The molecule has 3 N–H and O–H groups in total. The largest absolute Gasteiger partial charge is 0.507 e. The van der Waals surface area contributed by atoms with E-state index in [-0.39, 0.29) is 30.2 Å². The highest BCUT2D eigenvalue weighted by Crippen LogP contribution is 2.39. The number of carbonyl (C=O) groups is 2. The van der Waals surface area contributed by atoms with Gasteiger partial charge in [-0.25, -0.2) is 0 Å². The Balaban J connectivity index is 1.48. The summed E-state index contributed by atoms with van der Waals surface area (Å²) < 4.78 is 0. The normalized spacial score (nSPS) is 16.7. The van der Waals surface area contributed by atoms with Gasteiger partial charge >= 0.3 is 0 Å². The van der Waals surface area contributed by atoms with Crippen LogP contribution in [0, 0.1) is 0 Å². The van der Waals surface area contributed by atoms with Gasteiger partial charge in [0.2, 0.25) is 0 Å². The van der Waals surface area contributed by atoms with Gasteiger partial charge in [0.05, 0.1) is 18.7 Å². The highest BCUT2D eigenvalue weighted by atomic mass is 33.1. The van der Waals surface area contributed by atoms with Gasteiger partial charge in [0, 0.05) is 11.0 Å². The first kappa shape index (κ1) is 20.1. The summed E-state index contributed by atoms with van der Waals surface area (Å²) in [5, 5.41) is 16.1. The van der Waals surface area contributed by atoms with E-state index in [2.05, 4.69) is 10.6 Å². The molecule has 1 aliphatic rings. The van der Waals surface area contributed by atoms with Crippen LogP contribution in [0.15, 0.2) is 24.3 Å². The Labute approximate surface area is 157 Å². The molecule has 1 aromatic carbocycles. The number of phenolic OH excluding ortho intramolecular Hbond substituents is 1. The van der Waals surface area contributed by atoms with Crippen molar-refractivity contribution in [3.05, 3.63) is 29.8 Å². The molecule has 1 aliphatic heterocycles. The van der Waals surface area contributed by atoms with Crippen molar-refractivity contribution in [3.8, 4) is 5.75 Å². The Bertz CT molecular complexity index is 563. The topological polar surface area (TPSA) is 78.4 Å². The first-order valence-electron chi connectivity index (χ1n) is 8.73. The van der Waals surface area contributed by atoms with Crippen LogP contribution in [0.1, 0.15) is 42.5 Å². The summed E-state index contributed by atoms with van der Waals surface area (Å²) in [4.78, 5) is 23.7. The van der Waals surface area contributed by atoms with Crippen molar-refractivity contribution < 1.29 is 14.7 Å². The highest BCUT2D eigenvalue weighted by Gasteiger charge is 2.15. The molecular formula is C18H26N2O3S2. The number of hydrogen-bond donors (Lipinski definition) is 3. The summed E-state index contributed by atoms with van der Waals surface area (Å²) in [6.45, 7) is 1.05. The first-order valence-corrected chi connectivity index (χ1v) is 11.1. The number of unbranched alkanes of at least 4 members (excludes halogenated alkanes) is 2. The monoisotopic (exact) mass is 382 g/mol. The maximum absolute atomic E-state index is 11.9. The number of nitrogens with one attached hydrogen (secondary N) is 2. The number of phenols is 1. The molecule has 0 bridgehead atoms. The third-order valence-electron chi connectivity index (χ3n) is 4.02. The Morgan fingerprint density at radius 1 is 1.16 bits per heavy atom. The number of amides is 1. The Kier molecular flexibility index (Phi) is 9.21. The van der Waals surface area contributed by atoms with Crippen LogP contribution in [0.4, 0.5) is 0 Å². The minimum absolute atomic E-state index is 0.0310. The third-order valence-corrected chi connectivity index (χ3v) is 7.03. The molecule has 2 rings (SSSR count). The van der Waals surface area contributed by atoms with Crippen molar-refractivity contribution in [3.63, 3.8) is 0 Å². The zero-order valence-electron chi connectivity index (χ0n) is 14.3. The summed E-state index contributed by atoms with van der Waals surface area (Å²) in [6.07, 6.45) is 6.16. The first-order chi connectivity index (χ1) is 12.2. The molecule has 1 unspecified atom stereocenters. The Morgan fingerprint density at radius 3 is 2.76 bits per heavy atom. The maximum atomic E-state index is 11.9. The van der Waals surface area contributed by atoms with Crippen molar-refractivity contribution >= 4 is 33.3 Å². The van der Waals surface area contributed by atoms with Gasteiger partial charge in [0.15, 0.2) is 5.78 Å². The number of benzene rings is 1. The van der Waals surface area contributed by atoms with Gasteiger partial charge in [-0.15, -0.1) is 0 Å². The van der Waals surface area contributed by atoms with Crippen LogP contribution in [0.3, 0.4) is 0 Å². The van der Waals surface area contributed by atoms with Crippen molar-refractivity contribution in [1.29, 1.82) is 0 Å². The summed E-state index contributed by atoms with van der Waals surface area (Å²) >= 11 is 0. The van der Waals surface area contributed by atoms with Crippen molar-refractivity contribution in [1.82, 2.24) is 10.6 Å². The zero-order valence-corrected chi connectivity index (χ0v) is 16.0. The van der Waals surface area contributed by atoms with Gasteiger partial charge < -0.3 is 15.7 Å². The molecule has 1 atom stereocenters. The number of rotatable bonds is 11. The molecule has 1 fully saturated rings. The lowest BCUT2D eigenvalue weighted by Gasteiger charge is -2.08. The highest BCUT2D eigenvalue weighted by molar-refractivity contribution is 8.77. The molecule has 0 spiro atoms. The second-order valence-electron chi connectivity index (χ2n) is 6.09. The van der Waals surface area contributed by atoms with E-state index in [1.807, 2.05) is 21.6 Å². The Morgan fingerprint density at radius 2 is 2.00 bits per heavy atom. The van der Waals surface area contributed by atoms with Crippen molar-refractivity contribution in [2.24, 2.45) is 0 Å². The second-order valence-corrected chi connectivity index (χ2v) is 8.88. The lowest BCUT2D eigenvalue weighted by Crippen LogP contribution is -2.35. The summed E-state index contributed by atoms with van der Waals surface area (Å²) in [5.74, 6) is 0.706. The van der Waals surface area contributed by atoms with Crippen LogP contribution >= 0.6 is 21.6 Å². The fourth-order valence-electron chi connectivity index (χ4n) is 2.59. The van der Waals surface area contributed by atoms with Crippen LogP contribution < -0.4 is 10.6 Å². The molecule has 0 aromatic heterocycles. The number of Topliss-reactive ketones (excluding diaryl/α,β-unsaturated/α-hetero) is 1. The van der Waals surface area contributed by atoms with Gasteiger partial charge in [0.1, 0.15) is 5.75 Å². The molecule has 5 nitrogen and oxygen atoms in total. The molecule has 0 aliphatic carbocycles. The minimum Gasteiger partial charge on any atom is -0.507 e. The van der Waals surface area contributed by atoms with Crippen LogP contribution in [-0.2, 0) is 4.79 Å². The second kappa shape index (κ2) is 11.4. The molecule has 1 saturated heterocycles. The summed E-state index contributed by atoms with van der Waals surface area (Å²) in [6, 6.07) is 6.29. The van der Waals surface area contributed by atoms with Gasteiger partial charge in [0.25, 0.3) is 5.91 Å². The van der Waals surface area contributed by atoms with Crippen LogP contribution in [0.2, 0.25) is 0 Å². The van der Waals surface area contributed by atoms with Crippen molar-refractivity contribution in [2.75, 3.05) is 25.4 Å². The van der Waals surface area contributed by atoms with E-state index in [0.29, 0.717) is 0 Å². The number of ketones is 1. The van der Waals surface area contributed by atoms with E-state index in [9.17, 15) is 14.7 Å². The molecule has 138 valence electrons. The molecule has 1 aromatic rings. The van der Waals surface area contributed by atoms with Gasteiger partial charge in [-0.05, 0) is 37.9 Å². The molecular weight excluding hydrogens is 356 g/mol. The molecule has 7 heteroatoms. The van der Waals surface area contributed by atoms with E-state index >= 15 is 0 Å². The van der Waals surface area contributed by atoms with E-state index in [1.54, 1.807) is 12.1 Å². The molecule has 0 saturated carbocycles. The summed E-state index contributed by atoms with van der Waals surface area (Å²) in [7, 11) is 4.01. The lowest BCUT2D eigenvalue weighted by molar-refractivity contribution is -0.117. The van der Waals surface area contributed by atoms with E-state index in [1.165, 1.54) is 43.6 Å². The number of aromatic hydroxyl groups is 1. The van der Waals surface area contributed by atoms with Gasteiger partial charge in [-0.1, -0.05) is 46.6 Å². The fraction of sp³-hybridized carbons (Fsp3) is 0.556. The predicted octanol–water partition coefficient (Wildman–Crippen LogP) is 2.99. The van der Waals surface area contributed by atoms with E-state index < -0.39 is 5.91 Å².